The lowest BCUT2D eigenvalue weighted by atomic mass is 10.1. The van der Waals surface area contributed by atoms with Crippen molar-refractivity contribution in [2.75, 3.05) is 10.6 Å². The molecule has 2 heterocycles. The number of aryl methyl sites for hydroxylation is 1. The van der Waals surface area contributed by atoms with Crippen molar-refractivity contribution < 1.29 is 45.8 Å². The fourth-order valence-electron chi connectivity index (χ4n) is 3.07. The second-order valence-corrected chi connectivity index (χ2v) is 8.95. The van der Waals surface area contributed by atoms with Crippen molar-refractivity contribution in [2.45, 2.75) is 19.3 Å². The molecule has 0 radical (unpaired) electrons. The highest BCUT2D eigenvalue weighted by molar-refractivity contribution is 7.13. The van der Waals surface area contributed by atoms with Crippen LogP contribution in [0.15, 0.2) is 72.4 Å². The van der Waals surface area contributed by atoms with E-state index in [0.29, 0.717) is 16.3 Å². The molecule has 0 fully saturated rings. The van der Waals surface area contributed by atoms with Gasteiger partial charge in [-0.2, -0.15) is 26.3 Å². The zero-order valence-electron chi connectivity index (χ0n) is 20.7. The van der Waals surface area contributed by atoms with Crippen molar-refractivity contribution >= 4 is 40.5 Å². The molecule has 4 rings (SSSR count). The number of nitrogens with zero attached hydrogens (tertiary/aromatic N) is 2. The maximum atomic E-state index is 12.9. The molecule has 0 aliphatic rings. The first-order valence-corrected chi connectivity index (χ1v) is 12.1. The molecule has 0 saturated heterocycles. The Balaban J connectivity index is 0.000000587. The average Bonchev–Trinajstić information content (AvgIpc) is 3.41. The van der Waals surface area contributed by atoms with E-state index in [-0.39, 0.29) is 16.9 Å². The predicted molar refractivity (Wildman–Crippen MR) is 138 cm³/mol. The van der Waals surface area contributed by atoms with Crippen LogP contribution < -0.4 is 10.6 Å². The topological polar surface area (TPSA) is 121 Å². The van der Waals surface area contributed by atoms with Crippen molar-refractivity contribution in [3.63, 3.8) is 0 Å². The normalized spacial score (nSPS) is 11.2. The highest BCUT2D eigenvalue weighted by Gasteiger charge is 2.38. The van der Waals surface area contributed by atoms with Gasteiger partial charge in [0.2, 0.25) is 0 Å². The summed E-state index contributed by atoms with van der Waals surface area (Å²) in [5, 5.41) is 14.6. The van der Waals surface area contributed by atoms with E-state index in [1.165, 1.54) is 35.6 Å². The molecule has 0 spiro atoms. The first kappa shape index (κ1) is 30.7. The molecule has 0 saturated carbocycles. The lowest BCUT2D eigenvalue weighted by molar-refractivity contribution is -0.192. The van der Waals surface area contributed by atoms with Crippen LogP contribution in [0.4, 0.5) is 37.7 Å². The van der Waals surface area contributed by atoms with Crippen LogP contribution in [-0.2, 0) is 11.0 Å². The van der Waals surface area contributed by atoms with E-state index in [9.17, 15) is 35.9 Å². The number of aromatic nitrogens is 2. The molecular formula is C26H18F6N4O4S. The maximum absolute atomic E-state index is 12.9. The first-order valence-electron chi connectivity index (χ1n) is 11.2. The molecule has 0 aliphatic heterocycles. The number of thiazole rings is 1. The Morgan fingerprint density at radius 3 is 2.15 bits per heavy atom. The third kappa shape index (κ3) is 8.60. The number of carboxylic acids is 1. The third-order valence-electron chi connectivity index (χ3n) is 5.10. The van der Waals surface area contributed by atoms with Crippen LogP contribution in [0.3, 0.4) is 0 Å². The van der Waals surface area contributed by atoms with Gasteiger partial charge < -0.3 is 15.7 Å². The maximum Gasteiger partial charge on any atom is 0.490 e. The molecule has 0 atom stereocenters. The van der Waals surface area contributed by atoms with Crippen LogP contribution in [0.25, 0.3) is 10.6 Å². The molecule has 2 aromatic carbocycles. The molecule has 41 heavy (non-hydrogen) atoms. The Morgan fingerprint density at radius 2 is 1.54 bits per heavy atom. The largest absolute Gasteiger partial charge is 0.490 e. The van der Waals surface area contributed by atoms with E-state index < -0.39 is 35.7 Å². The minimum Gasteiger partial charge on any atom is -0.475 e. The minimum atomic E-state index is -5.08. The van der Waals surface area contributed by atoms with Crippen LogP contribution in [-0.4, -0.2) is 39.0 Å². The van der Waals surface area contributed by atoms with E-state index >= 15 is 0 Å². The van der Waals surface area contributed by atoms with Gasteiger partial charge in [-0.1, -0.05) is 12.1 Å². The highest BCUT2D eigenvalue weighted by atomic mass is 32.1. The highest BCUT2D eigenvalue weighted by Crippen LogP contribution is 2.31. The summed E-state index contributed by atoms with van der Waals surface area (Å²) in [4.78, 5) is 42.6. The van der Waals surface area contributed by atoms with E-state index in [1.807, 2.05) is 0 Å². The van der Waals surface area contributed by atoms with Crippen molar-refractivity contribution in [1.82, 2.24) is 9.97 Å². The number of amides is 2. The van der Waals surface area contributed by atoms with Gasteiger partial charge in [0.25, 0.3) is 11.8 Å². The van der Waals surface area contributed by atoms with Gasteiger partial charge >= 0.3 is 18.3 Å². The number of hydrogen-bond donors (Lipinski definition) is 3. The molecule has 214 valence electrons. The molecule has 0 aliphatic carbocycles. The Kier molecular flexibility index (Phi) is 9.44. The minimum absolute atomic E-state index is 0.0112. The van der Waals surface area contributed by atoms with Gasteiger partial charge in [-0.25, -0.2) is 9.78 Å². The molecule has 8 nitrogen and oxygen atoms in total. The molecule has 4 aromatic rings. The average molecular weight is 597 g/mol. The number of carbonyl (C=O) groups excluding carboxylic acids is 2. The van der Waals surface area contributed by atoms with Crippen molar-refractivity contribution in [2.24, 2.45) is 0 Å². The summed E-state index contributed by atoms with van der Waals surface area (Å²) in [5.41, 5.74) is 1.47. The smallest absolute Gasteiger partial charge is 0.475 e. The summed E-state index contributed by atoms with van der Waals surface area (Å²) in [6, 6.07) is 12.6. The van der Waals surface area contributed by atoms with Gasteiger partial charge in [-0.15, -0.1) is 11.3 Å². The Hall–Kier alpha value is -4.79. The van der Waals surface area contributed by atoms with E-state index in [2.05, 4.69) is 20.6 Å². The van der Waals surface area contributed by atoms with Crippen molar-refractivity contribution in [3.8, 4) is 10.6 Å². The third-order valence-corrected chi connectivity index (χ3v) is 5.99. The molecular weight excluding hydrogens is 578 g/mol. The number of anilines is 2. The summed E-state index contributed by atoms with van der Waals surface area (Å²) in [7, 11) is 0. The van der Waals surface area contributed by atoms with Crippen LogP contribution in [0, 0.1) is 6.92 Å². The number of alkyl halides is 6. The number of benzene rings is 2. The fourth-order valence-corrected chi connectivity index (χ4v) is 3.87. The number of nitrogens with one attached hydrogen (secondary N) is 2. The molecule has 3 N–H and O–H groups in total. The quantitative estimate of drug-likeness (QED) is 0.221. The van der Waals surface area contributed by atoms with Crippen LogP contribution in [0.1, 0.15) is 32.0 Å². The van der Waals surface area contributed by atoms with Crippen molar-refractivity contribution in [1.29, 1.82) is 0 Å². The second-order valence-electron chi connectivity index (χ2n) is 8.09. The summed E-state index contributed by atoms with van der Waals surface area (Å²) < 4.78 is 70.5. The van der Waals surface area contributed by atoms with Crippen molar-refractivity contribution in [3.05, 3.63) is 94.8 Å². The molecule has 2 aromatic heterocycles. The number of aliphatic carboxylic acids is 1. The van der Waals surface area contributed by atoms with Gasteiger partial charge in [-0.3, -0.25) is 14.6 Å². The second kappa shape index (κ2) is 12.6. The zero-order chi connectivity index (χ0) is 30.4. The number of carboxylic acid groups (broad SMARTS) is 1. The molecule has 0 bridgehead atoms. The van der Waals surface area contributed by atoms with Gasteiger partial charge in [-0.05, 0) is 55.0 Å². The predicted octanol–water partition coefficient (Wildman–Crippen LogP) is 6.67. The fraction of sp³-hybridized carbons (Fsp3) is 0.115. The van der Waals surface area contributed by atoms with Gasteiger partial charge in [0.15, 0.2) is 0 Å². The lowest BCUT2D eigenvalue weighted by Gasteiger charge is -2.12. The number of rotatable bonds is 5. The standard InChI is InChI=1S/C24H17F3N4O2S.C2HF3O2/c1-14-5-6-16(21(32)29-18-4-2-3-17(12-18)24(25,26)27)11-19(14)30-22(33)20-13-34-23(31-20)15-7-9-28-10-8-15;3-2(4,5)1(6)7/h2-13H,1H3,(H,29,32)(H,30,33);(H,6,7). The number of hydrogen-bond acceptors (Lipinski definition) is 6. The number of carbonyl (C=O) groups is 3. The lowest BCUT2D eigenvalue weighted by Crippen LogP contribution is -2.21. The molecule has 0 unspecified atom stereocenters. The Labute approximate surface area is 231 Å². The SMILES string of the molecule is Cc1ccc(C(=O)Nc2cccc(C(F)(F)F)c2)cc1NC(=O)c1csc(-c2ccncc2)n1.O=C(O)C(F)(F)F. The summed E-state index contributed by atoms with van der Waals surface area (Å²) >= 11 is 1.31. The monoisotopic (exact) mass is 596 g/mol. The number of pyridine rings is 1. The molecule has 2 amide bonds. The van der Waals surface area contributed by atoms with E-state index in [1.54, 1.807) is 42.9 Å². The zero-order valence-corrected chi connectivity index (χ0v) is 21.5. The van der Waals surface area contributed by atoms with Gasteiger partial charge in [0, 0.05) is 40.3 Å². The summed E-state index contributed by atoms with van der Waals surface area (Å²) in [5.74, 6) is -3.81. The van der Waals surface area contributed by atoms with Crippen LogP contribution in [0.2, 0.25) is 0 Å². The van der Waals surface area contributed by atoms with Gasteiger partial charge in [0.1, 0.15) is 10.7 Å². The molecule has 15 heteroatoms. The Morgan fingerprint density at radius 1 is 0.878 bits per heavy atom. The van der Waals surface area contributed by atoms with Gasteiger partial charge in [0.05, 0.1) is 5.56 Å². The first-order chi connectivity index (χ1) is 19.1. The Bertz CT molecular complexity index is 1560. The summed E-state index contributed by atoms with van der Waals surface area (Å²) in [6.07, 6.45) is -6.33. The van der Waals surface area contributed by atoms with E-state index in [4.69, 9.17) is 9.90 Å². The number of halogens is 6. The van der Waals surface area contributed by atoms with E-state index in [0.717, 1.165) is 17.7 Å². The summed E-state index contributed by atoms with van der Waals surface area (Å²) in [6.45, 7) is 1.76. The van der Waals surface area contributed by atoms with Crippen LogP contribution in [0.5, 0.6) is 0 Å². The van der Waals surface area contributed by atoms with Crippen LogP contribution >= 0.6 is 11.3 Å².